The zero-order valence-electron chi connectivity index (χ0n) is 12.1. The molecule has 1 fully saturated rings. The van der Waals surface area contributed by atoms with E-state index in [-0.39, 0.29) is 0 Å². The second kappa shape index (κ2) is 6.38. The molecule has 1 aliphatic rings. The van der Waals surface area contributed by atoms with E-state index >= 15 is 0 Å². The average Bonchev–Trinajstić information content (AvgIpc) is 3.18. The topological polar surface area (TPSA) is 12.0 Å². The summed E-state index contributed by atoms with van der Waals surface area (Å²) in [5, 5.41) is 3.76. The fraction of sp³-hybridized carbons (Fsp3) is 0.647. The van der Waals surface area contributed by atoms with E-state index in [1.807, 2.05) is 0 Å². The molecule has 18 heavy (non-hydrogen) atoms. The summed E-state index contributed by atoms with van der Waals surface area (Å²) in [6.07, 6.45) is 5.29. The van der Waals surface area contributed by atoms with Crippen LogP contribution in [-0.4, -0.2) is 12.6 Å². The second-order valence-corrected chi connectivity index (χ2v) is 5.95. The molecule has 1 aromatic carbocycles. The van der Waals surface area contributed by atoms with E-state index in [4.69, 9.17) is 0 Å². The lowest BCUT2D eigenvalue weighted by atomic mass is 9.90. The van der Waals surface area contributed by atoms with Crippen LogP contribution in [0.15, 0.2) is 24.3 Å². The quantitative estimate of drug-likeness (QED) is 0.767. The highest BCUT2D eigenvalue weighted by atomic mass is 14.9. The second-order valence-electron chi connectivity index (χ2n) is 5.95. The standard InChI is InChI=1S/C17H27N/c1-4-10-18-17(14(3)16-8-9-16)12-15-7-5-6-13(2)11-15/h5-7,11,14,16-18H,4,8-10,12H2,1-3H3. The molecule has 0 radical (unpaired) electrons. The maximum Gasteiger partial charge on any atom is 0.0136 e. The van der Waals surface area contributed by atoms with E-state index in [2.05, 4.69) is 50.4 Å². The van der Waals surface area contributed by atoms with Crippen LogP contribution in [0.3, 0.4) is 0 Å². The molecular formula is C17H27N. The summed E-state index contributed by atoms with van der Waals surface area (Å²) in [5.74, 6) is 1.79. The summed E-state index contributed by atoms with van der Waals surface area (Å²) in [6, 6.07) is 9.62. The first-order valence-corrected chi connectivity index (χ1v) is 7.49. The van der Waals surface area contributed by atoms with Crippen molar-refractivity contribution >= 4 is 0 Å². The van der Waals surface area contributed by atoms with Gasteiger partial charge in [0.2, 0.25) is 0 Å². The minimum atomic E-state index is 0.652. The lowest BCUT2D eigenvalue weighted by molar-refractivity contribution is 0.339. The molecule has 0 aromatic heterocycles. The Morgan fingerprint density at radius 1 is 1.33 bits per heavy atom. The van der Waals surface area contributed by atoms with Gasteiger partial charge >= 0.3 is 0 Å². The molecule has 0 saturated heterocycles. The van der Waals surface area contributed by atoms with Gasteiger partial charge < -0.3 is 5.32 Å². The van der Waals surface area contributed by atoms with Crippen molar-refractivity contribution in [3.05, 3.63) is 35.4 Å². The maximum absolute atomic E-state index is 3.76. The molecule has 0 amide bonds. The molecule has 1 saturated carbocycles. The SMILES string of the molecule is CCCNC(Cc1cccc(C)c1)C(C)C1CC1. The summed E-state index contributed by atoms with van der Waals surface area (Å²) < 4.78 is 0. The van der Waals surface area contributed by atoms with Crippen LogP contribution in [-0.2, 0) is 6.42 Å². The molecule has 100 valence electrons. The maximum atomic E-state index is 3.76. The van der Waals surface area contributed by atoms with Gasteiger partial charge in [-0.2, -0.15) is 0 Å². The summed E-state index contributed by atoms with van der Waals surface area (Å²) >= 11 is 0. The molecule has 0 spiro atoms. The lowest BCUT2D eigenvalue weighted by Crippen LogP contribution is -2.38. The Morgan fingerprint density at radius 3 is 2.72 bits per heavy atom. The first kappa shape index (κ1) is 13.6. The summed E-state index contributed by atoms with van der Waals surface area (Å²) in [6.45, 7) is 8.01. The summed E-state index contributed by atoms with van der Waals surface area (Å²) in [7, 11) is 0. The van der Waals surface area contributed by atoms with Gasteiger partial charge in [0.05, 0.1) is 0 Å². The first-order chi connectivity index (χ1) is 8.70. The zero-order chi connectivity index (χ0) is 13.0. The van der Waals surface area contributed by atoms with Crippen molar-refractivity contribution in [1.29, 1.82) is 0 Å². The normalized spacial score (nSPS) is 18.6. The first-order valence-electron chi connectivity index (χ1n) is 7.49. The van der Waals surface area contributed by atoms with Crippen LogP contribution in [0.1, 0.15) is 44.2 Å². The summed E-state index contributed by atoms with van der Waals surface area (Å²) in [4.78, 5) is 0. The van der Waals surface area contributed by atoms with Crippen molar-refractivity contribution in [1.82, 2.24) is 5.32 Å². The van der Waals surface area contributed by atoms with Crippen molar-refractivity contribution in [3.63, 3.8) is 0 Å². The fourth-order valence-electron chi connectivity index (χ4n) is 2.82. The molecule has 0 aliphatic heterocycles. The Balaban J connectivity index is 1.99. The molecule has 1 heteroatoms. The molecule has 1 aliphatic carbocycles. The van der Waals surface area contributed by atoms with Gasteiger partial charge in [0.1, 0.15) is 0 Å². The van der Waals surface area contributed by atoms with E-state index in [0.29, 0.717) is 6.04 Å². The van der Waals surface area contributed by atoms with Crippen molar-refractivity contribution in [2.24, 2.45) is 11.8 Å². The molecule has 2 atom stereocenters. The molecule has 0 bridgehead atoms. The third kappa shape index (κ3) is 3.84. The van der Waals surface area contributed by atoms with Crippen molar-refractivity contribution in [2.45, 2.75) is 52.5 Å². The molecule has 2 rings (SSSR count). The Labute approximate surface area is 112 Å². The van der Waals surface area contributed by atoms with Crippen LogP contribution in [0.5, 0.6) is 0 Å². The highest BCUT2D eigenvalue weighted by Gasteiger charge is 2.32. The van der Waals surface area contributed by atoms with Crippen LogP contribution in [0.25, 0.3) is 0 Å². The Morgan fingerprint density at radius 2 is 2.11 bits per heavy atom. The van der Waals surface area contributed by atoms with Crippen LogP contribution >= 0.6 is 0 Å². The number of hydrogen-bond acceptors (Lipinski definition) is 1. The van der Waals surface area contributed by atoms with Gasteiger partial charge in [-0.25, -0.2) is 0 Å². The van der Waals surface area contributed by atoms with Crippen molar-refractivity contribution < 1.29 is 0 Å². The number of aryl methyl sites for hydroxylation is 1. The molecule has 1 N–H and O–H groups in total. The van der Waals surface area contributed by atoms with Gasteiger partial charge in [-0.3, -0.25) is 0 Å². The fourth-order valence-corrected chi connectivity index (χ4v) is 2.82. The van der Waals surface area contributed by atoms with Gasteiger partial charge in [0, 0.05) is 6.04 Å². The highest BCUT2D eigenvalue weighted by molar-refractivity contribution is 5.23. The zero-order valence-corrected chi connectivity index (χ0v) is 12.1. The smallest absolute Gasteiger partial charge is 0.0136 e. The minimum Gasteiger partial charge on any atom is -0.313 e. The third-order valence-electron chi connectivity index (χ3n) is 4.19. The third-order valence-corrected chi connectivity index (χ3v) is 4.19. The van der Waals surface area contributed by atoms with Crippen LogP contribution in [0, 0.1) is 18.8 Å². The van der Waals surface area contributed by atoms with Gasteiger partial charge in [-0.15, -0.1) is 0 Å². The van der Waals surface area contributed by atoms with Crippen LogP contribution < -0.4 is 5.32 Å². The van der Waals surface area contributed by atoms with Gasteiger partial charge in [0.25, 0.3) is 0 Å². The largest absolute Gasteiger partial charge is 0.313 e. The van der Waals surface area contributed by atoms with E-state index in [1.165, 1.54) is 36.8 Å². The van der Waals surface area contributed by atoms with E-state index in [0.717, 1.165) is 18.4 Å². The Kier molecular flexibility index (Phi) is 4.82. The molecule has 1 aromatic rings. The van der Waals surface area contributed by atoms with E-state index in [9.17, 15) is 0 Å². The Bertz CT molecular complexity index is 368. The van der Waals surface area contributed by atoms with Crippen molar-refractivity contribution in [3.8, 4) is 0 Å². The average molecular weight is 245 g/mol. The van der Waals surface area contributed by atoms with E-state index < -0.39 is 0 Å². The van der Waals surface area contributed by atoms with Gasteiger partial charge in [-0.05, 0) is 56.6 Å². The molecule has 1 nitrogen and oxygen atoms in total. The van der Waals surface area contributed by atoms with E-state index in [1.54, 1.807) is 0 Å². The predicted molar refractivity (Wildman–Crippen MR) is 78.9 cm³/mol. The lowest BCUT2D eigenvalue weighted by Gasteiger charge is -2.25. The Hall–Kier alpha value is -0.820. The molecule has 2 unspecified atom stereocenters. The number of benzene rings is 1. The monoisotopic (exact) mass is 245 g/mol. The van der Waals surface area contributed by atoms with Crippen LogP contribution in [0.2, 0.25) is 0 Å². The minimum absolute atomic E-state index is 0.652. The van der Waals surface area contributed by atoms with Crippen LogP contribution in [0.4, 0.5) is 0 Å². The van der Waals surface area contributed by atoms with Gasteiger partial charge in [0.15, 0.2) is 0 Å². The van der Waals surface area contributed by atoms with Gasteiger partial charge in [-0.1, -0.05) is 43.7 Å². The number of hydrogen-bond donors (Lipinski definition) is 1. The summed E-state index contributed by atoms with van der Waals surface area (Å²) in [5.41, 5.74) is 2.86. The predicted octanol–water partition coefficient (Wildman–Crippen LogP) is 3.95. The highest BCUT2D eigenvalue weighted by Crippen LogP contribution is 2.38. The molecule has 0 heterocycles. The number of nitrogens with one attached hydrogen (secondary N) is 1. The number of rotatable bonds is 7. The van der Waals surface area contributed by atoms with Crippen molar-refractivity contribution in [2.75, 3.05) is 6.54 Å². The molecular weight excluding hydrogens is 218 g/mol.